The van der Waals surface area contributed by atoms with Crippen LogP contribution in [0.1, 0.15) is 35.1 Å². The largest absolute Gasteiger partial charge is 0.476 e. The number of aromatic nitrogens is 2. The highest BCUT2D eigenvalue weighted by Crippen LogP contribution is 2.25. The maximum atomic E-state index is 11.0. The van der Waals surface area contributed by atoms with Crippen LogP contribution in [0.3, 0.4) is 0 Å². The van der Waals surface area contributed by atoms with Gasteiger partial charge in [0.25, 0.3) is 0 Å². The summed E-state index contributed by atoms with van der Waals surface area (Å²) < 4.78 is 1.79. The molecule has 0 aliphatic heterocycles. The Labute approximate surface area is 88.2 Å². The van der Waals surface area contributed by atoms with Gasteiger partial charge in [-0.2, -0.15) is 5.10 Å². The lowest BCUT2D eigenvalue weighted by Crippen LogP contribution is -2.07. The molecule has 0 saturated carbocycles. The second kappa shape index (κ2) is 3.53. The number of carboxylic acid groups (broad SMARTS) is 1. The van der Waals surface area contributed by atoms with Crippen LogP contribution in [0.5, 0.6) is 0 Å². The summed E-state index contributed by atoms with van der Waals surface area (Å²) in [6, 6.07) is 0. The maximum absolute atomic E-state index is 11.0. The molecule has 1 aliphatic rings. The van der Waals surface area contributed by atoms with Gasteiger partial charge in [-0.05, 0) is 26.2 Å². The van der Waals surface area contributed by atoms with Gasteiger partial charge in [0.1, 0.15) is 0 Å². The van der Waals surface area contributed by atoms with Gasteiger partial charge in [0.2, 0.25) is 0 Å². The number of carbonyl (C=O) groups is 1. The third-order valence-corrected chi connectivity index (χ3v) is 2.63. The van der Waals surface area contributed by atoms with Crippen molar-refractivity contribution in [1.82, 2.24) is 9.78 Å². The third kappa shape index (κ3) is 1.67. The molecule has 1 heterocycles. The molecular weight excluding hydrogens is 192 g/mol. The van der Waals surface area contributed by atoms with E-state index in [1.165, 1.54) is 0 Å². The average molecular weight is 206 g/mol. The Morgan fingerprint density at radius 1 is 1.60 bits per heavy atom. The number of carboxylic acids is 1. The van der Waals surface area contributed by atoms with Crippen LogP contribution in [0.4, 0.5) is 0 Å². The van der Waals surface area contributed by atoms with Gasteiger partial charge < -0.3 is 5.11 Å². The van der Waals surface area contributed by atoms with Crippen LogP contribution in [0.2, 0.25) is 0 Å². The zero-order valence-corrected chi connectivity index (χ0v) is 8.79. The van der Waals surface area contributed by atoms with E-state index in [2.05, 4.69) is 11.7 Å². The van der Waals surface area contributed by atoms with E-state index in [0.717, 1.165) is 36.1 Å². The van der Waals surface area contributed by atoms with Gasteiger partial charge >= 0.3 is 5.97 Å². The van der Waals surface area contributed by atoms with Crippen molar-refractivity contribution >= 4 is 5.97 Å². The van der Waals surface area contributed by atoms with Crippen molar-refractivity contribution in [2.24, 2.45) is 0 Å². The Bertz CT molecular complexity index is 432. The predicted octanol–water partition coefficient (Wildman–Crippen LogP) is 1.65. The third-order valence-electron chi connectivity index (χ3n) is 2.63. The van der Waals surface area contributed by atoms with E-state index in [4.69, 9.17) is 5.11 Å². The molecule has 80 valence electrons. The highest BCUT2D eigenvalue weighted by Gasteiger charge is 2.25. The zero-order chi connectivity index (χ0) is 11.0. The first-order chi connectivity index (χ1) is 7.09. The summed E-state index contributed by atoms with van der Waals surface area (Å²) in [6.07, 6.45) is 2.81. The molecule has 0 atom stereocenters. The van der Waals surface area contributed by atoms with Crippen molar-refractivity contribution in [2.75, 3.05) is 0 Å². The van der Waals surface area contributed by atoms with Crippen molar-refractivity contribution in [3.05, 3.63) is 29.1 Å². The van der Waals surface area contributed by atoms with Crippen LogP contribution in [0.15, 0.2) is 12.2 Å². The molecule has 1 aromatic rings. The number of hydrogen-bond acceptors (Lipinski definition) is 2. The number of nitrogens with zero attached hydrogens (tertiary/aromatic N) is 2. The molecule has 4 nitrogen and oxygen atoms in total. The Kier molecular flexibility index (Phi) is 2.34. The standard InChI is InChI=1S/C11H14N2O2/c1-7(2)6-13-9-5-3-4-8(9)10(12-13)11(14)15/h1,3-6H2,2H3,(H,14,15). The number of hydrogen-bond donors (Lipinski definition) is 1. The molecule has 1 N–H and O–H groups in total. The van der Waals surface area contributed by atoms with Gasteiger partial charge in [-0.15, -0.1) is 0 Å². The van der Waals surface area contributed by atoms with Gasteiger partial charge in [0.05, 0.1) is 6.54 Å². The minimum atomic E-state index is -0.923. The molecule has 0 fully saturated rings. The van der Waals surface area contributed by atoms with Gasteiger partial charge in [0.15, 0.2) is 5.69 Å². The molecule has 0 bridgehead atoms. The van der Waals surface area contributed by atoms with E-state index < -0.39 is 5.97 Å². The predicted molar refractivity (Wildman–Crippen MR) is 56.0 cm³/mol. The molecule has 0 unspecified atom stereocenters. The summed E-state index contributed by atoms with van der Waals surface area (Å²) >= 11 is 0. The fourth-order valence-electron chi connectivity index (χ4n) is 2.07. The lowest BCUT2D eigenvalue weighted by atomic mass is 10.2. The van der Waals surface area contributed by atoms with Crippen molar-refractivity contribution in [2.45, 2.75) is 32.7 Å². The normalized spacial score (nSPS) is 13.9. The highest BCUT2D eigenvalue weighted by atomic mass is 16.4. The van der Waals surface area contributed by atoms with Gasteiger partial charge in [-0.3, -0.25) is 4.68 Å². The Balaban J connectivity index is 2.44. The molecule has 0 spiro atoms. The number of allylic oxidation sites excluding steroid dienone is 1. The first kappa shape index (κ1) is 9.96. The topological polar surface area (TPSA) is 55.1 Å². The van der Waals surface area contributed by atoms with Crippen molar-refractivity contribution in [3.8, 4) is 0 Å². The Hall–Kier alpha value is -1.58. The average Bonchev–Trinajstić information content (AvgIpc) is 2.66. The first-order valence-electron chi connectivity index (χ1n) is 5.06. The highest BCUT2D eigenvalue weighted by molar-refractivity contribution is 5.87. The minimum absolute atomic E-state index is 0.226. The van der Waals surface area contributed by atoms with Crippen LogP contribution in [-0.2, 0) is 19.4 Å². The molecule has 0 radical (unpaired) electrons. The van der Waals surface area contributed by atoms with Crippen LogP contribution >= 0.6 is 0 Å². The smallest absolute Gasteiger partial charge is 0.356 e. The molecule has 15 heavy (non-hydrogen) atoms. The fourth-order valence-corrected chi connectivity index (χ4v) is 2.07. The number of aromatic carboxylic acids is 1. The van der Waals surface area contributed by atoms with E-state index in [-0.39, 0.29) is 5.69 Å². The van der Waals surface area contributed by atoms with Gasteiger partial charge in [-0.1, -0.05) is 12.2 Å². The van der Waals surface area contributed by atoms with Crippen LogP contribution in [-0.4, -0.2) is 20.9 Å². The maximum Gasteiger partial charge on any atom is 0.356 e. The van der Waals surface area contributed by atoms with E-state index in [1.54, 1.807) is 4.68 Å². The molecule has 0 amide bonds. The fraction of sp³-hybridized carbons (Fsp3) is 0.455. The van der Waals surface area contributed by atoms with Crippen molar-refractivity contribution in [1.29, 1.82) is 0 Å². The molecule has 4 heteroatoms. The lowest BCUT2D eigenvalue weighted by molar-refractivity contribution is 0.0688. The van der Waals surface area contributed by atoms with E-state index in [0.29, 0.717) is 6.54 Å². The number of rotatable bonds is 3. The molecular formula is C11H14N2O2. The summed E-state index contributed by atoms with van der Waals surface area (Å²) in [5.74, 6) is -0.923. The second-order valence-corrected chi connectivity index (χ2v) is 4.05. The summed E-state index contributed by atoms with van der Waals surface area (Å²) in [4.78, 5) is 11.0. The molecule has 2 rings (SSSR count). The van der Waals surface area contributed by atoms with E-state index in [9.17, 15) is 4.79 Å². The second-order valence-electron chi connectivity index (χ2n) is 4.05. The zero-order valence-electron chi connectivity index (χ0n) is 8.79. The van der Waals surface area contributed by atoms with E-state index >= 15 is 0 Å². The molecule has 0 aromatic carbocycles. The SMILES string of the molecule is C=C(C)Cn1nc(C(=O)O)c2c1CCC2. The van der Waals surface area contributed by atoms with Crippen LogP contribution < -0.4 is 0 Å². The Morgan fingerprint density at radius 2 is 2.33 bits per heavy atom. The minimum Gasteiger partial charge on any atom is -0.476 e. The Morgan fingerprint density at radius 3 is 2.93 bits per heavy atom. The molecule has 1 aliphatic carbocycles. The lowest BCUT2D eigenvalue weighted by Gasteiger charge is -2.03. The van der Waals surface area contributed by atoms with Crippen LogP contribution in [0, 0.1) is 0 Å². The van der Waals surface area contributed by atoms with Crippen molar-refractivity contribution < 1.29 is 9.90 Å². The summed E-state index contributed by atoms with van der Waals surface area (Å²) in [5, 5.41) is 13.1. The van der Waals surface area contributed by atoms with Gasteiger partial charge in [-0.25, -0.2) is 4.79 Å². The molecule has 1 aromatic heterocycles. The first-order valence-corrected chi connectivity index (χ1v) is 5.06. The quantitative estimate of drug-likeness (QED) is 0.765. The van der Waals surface area contributed by atoms with Crippen molar-refractivity contribution in [3.63, 3.8) is 0 Å². The monoisotopic (exact) mass is 206 g/mol. The van der Waals surface area contributed by atoms with E-state index in [1.807, 2.05) is 6.92 Å². The number of fused-ring (bicyclic) bond motifs is 1. The summed E-state index contributed by atoms with van der Waals surface area (Å²) in [6.45, 7) is 6.36. The molecule has 0 saturated heterocycles. The summed E-state index contributed by atoms with van der Waals surface area (Å²) in [5.41, 5.74) is 3.21. The summed E-state index contributed by atoms with van der Waals surface area (Å²) in [7, 11) is 0. The van der Waals surface area contributed by atoms with Crippen LogP contribution in [0.25, 0.3) is 0 Å². The van der Waals surface area contributed by atoms with Gasteiger partial charge in [0, 0.05) is 11.3 Å².